The summed E-state index contributed by atoms with van der Waals surface area (Å²) in [6.45, 7) is 6.92. The summed E-state index contributed by atoms with van der Waals surface area (Å²) in [7, 11) is 0. The van der Waals surface area contributed by atoms with Crippen molar-refractivity contribution in [2.75, 3.05) is 23.7 Å². The van der Waals surface area contributed by atoms with Gasteiger partial charge in [-0.1, -0.05) is 36.2 Å². The van der Waals surface area contributed by atoms with Crippen LogP contribution in [-0.4, -0.2) is 13.1 Å². The lowest BCUT2D eigenvalue weighted by Gasteiger charge is -2.40. The Hall–Kier alpha value is -0.700. The van der Waals surface area contributed by atoms with Gasteiger partial charge in [0.05, 0.1) is 11.4 Å². The van der Waals surface area contributed by atoms with E-state index in [1.165, 1.54) is 24.9 Å². The second-order valence-corrected chi connectivity index (χ2v) is 6.27. The summed E-state index contributed by atoms with van der Waals surface area (Å²) in [6.07, 6.45) is 3.79. The third-order valence-corrected chi connectivity index (χ3v) is 4.65. The maximum atomic E-state index is 6.06. The zero-order valence-corrected chi connectivity index (χ0v) is 12.3. The van der Waals surface area contributed by atoms with Crippen LogP contribution in [0, 0.1) is 5.41 Å². The van der Waals surface area contributed by atoms with Gasteiger partial charge in [0.25, 0.3) is 0 Å². The fourth-order valence-electron chi connectivity index (χ4n) is 2.43. The molecular formula is C14H21BrN2. The van der Waals surface area contributed by atoms with Crippen LogP contribution in [0.3, 0.4) is 0 Å². The first-order valence-corrected chi connectivity index (χ1v) is 7.13. The van der Waals surface area contributed by atoms with Gasteiger partial charge >= 0.3 is 0 Å². The summed E-state index contributed by atoms with van der Waals surface area (Å²) in [4.78, 5) is 2.41. The predicted molar refractivity (Wildman–Crippen MR) is 78.4 cm³/mol. The topological polar surface area (TPSA) is 29.3 Å². The molecule has 0 amide bonds. The van der Waals surface area contributed by atoms with Crippen LogP contribution in [0.15, 0.2) is 22.7 Å². The van der Waals surface area contributed by atoms with Gasteiger partial charge in [0.15, 0.2) is 0 Å². The highest BCUT2D eigenvalue weighted by Crippen LogP contribution is 2.37. The van der Waals surface area contributed by atoms with Crippen LogP contribution in [0.1, 0.15) is 33.1 Å². The fourth-order valence-corrected chi connectivity index (χ4v) is 2.78. The molecule has 94 valence electrons. The molecule has 0 bridgehead atoms. The molecule has 1 aliphatic heterocycles. The molecule has 1 heterocycles. The first kappa shape index (κ1) is 12.7. The zero-order valence-electron chi connectivity index (χ0n) is 10.7. The van der Waals surface area contributed by atoms with Gasteiger partial charge in [0.1, 0.15) is 0 Å². The lowest BCUT2D eigenvalue weighted by molar-refractivity contribution is 0.238. The largest absolute Gasteiger partial charge is 0.397 e. The molecule has 0 aromatic heterocycles. The van der Waals surface area contributed by atoms with Crippen LogP contribution in [0.2, 0.25) is 0 Å². The summed E-state index contributed by atoms with van der Waals surface area (Å²) in [6, 6.07) is 6.11. The molecule has 1 aliphatic rings. The highest BCUT2D eigenvalue weighted by Gasteiger charge is 2.28. The second kappa shape index (κ2) is 4.89. The van der Waals surface area contributed by atoms with Crippen LogP contribution in [0.5, 0.6) is 0 Å². The summed E-state index contributed by atoms with van der Waals surface area (Å²) >= 11 is 3.52. The van der Waals surface area contributed by atoms with Crippen molar-refractivity contribution in [2.24, 2.45) is 5.41 Å². The van der Waals surface area contributed by atoms with Crippen LogP contribution >= 0.6 is 15.9 Å². The first-order valence-electron chi connectivity index (χ1n) is 6.34. The quantitative estimate of drug-likeness (QED) is 0.834. The number of hydrogen-bond donors (Lipinski definition) is 1. The maximum Gasteiger partial charge on any atom is 0.0611 e. The van der Waals surface area contributed by atoms with E-state index in [4.69, 9.17) is 5.73 Å². The number of hydrogen-bond acceptors (Lipinski definition) is 2. The number of rotatable bonds is 2. The monoisotopic (exact) mass is 296 g/mol. The third kappa shape index (κ3) is 2.76. The van der Waals surface area contributed by atoms with Crippen molar-refractivity contribution in [2.45, 2.75) is 33.1 Å². The second-order valence-electron chi connectivity index (χ2n) is 5.35. The Balaban J connectivity index is 2.13. The minimum atomic E-state index is 0.525. The number of nitrogen functional groups attached to an aromatic ring is 1. The molecule has 0 atom stereocenters. The summed E-state index contributed by atoms with van der Waals surface area (Å²) in [5.74, 6) is 0. The van der Waals surface area contributed by atoms with E-state index in [9.17, 15) is 0 Å². The van der Waals surface area contributed by atoms with Crippen molar-refractivity contribution in [3.8, 4) is 0 Å². The summed E-state index contributed by atoms with van der Waals surface area (Å²) < 4.78 is 1.10. The van der Waals surface area contributed by atoms with E-state index in [-0.39, 0.29) is 0 Å². The molecule has 17 heavy (non-hydrogen) atoms. The number of halogens is 1. The minimum Gasteiger partial charge on any atom is -0.397 e. The summed E-state index contributed by atoms with van der Waals surface area (Å²) in [5, 5.41) is 0. The number of nitrogens with zero attached hydrogens (tertiary/aromatic N) is 1. The molecule has 2 rings (SSSR count). The Bertz CT molecular complexity index is 395. The Morgan fingerprint density at radius 1 is 1.35 bits per heavy atom. The molecule has 0 saturated carbocycles. The van der Waals surface area contributed by atoms with Gasteiger partial charge in [-0.15, -0.1) is 0 Å². The normalized spacial score (nSPS) is 19.4. The average Bonchev–Trinajstić information content (AvgIpc) is 2.34. The molecule has 1 aromatic carbocycles. The number of piperidine rings is 1. The van der Waals surface area contributed by atoms with Crippen molar-refractivity contribution in [1.82, 2.24) is 0 Å². The highest BCUT2D eigenvalue weighted by atomic mass is 79.9. The van der Waals surface area contributed by atoms with E-state index in [1.54, 1.807) is 0 Å². The SMILES string of the molecule is CCC1(C)CCN(c2cc(Br)ccc2N)CC1. The van der Waals surface area contributed by atoms with Gasteiger partial charge in [0, 0.05) is 17.6 Å². The minimum absolute atomic E-state index is 0.525. The van der Waals surface area contributed by atoms with E-state index < -0.39 is 0 Å². The predicted octanol–water partition coefficient (Wildman–Crippen LogP) is 4.05. The highest BCUT2D eigenvalue weighted by molar-refractivity contribution is 9.10. The Morgan fingerprint density at radius 3 is 2.59 bits per heavy atom. The number of benzene rings is 1. The van der Waals surface area contributed by atoms with E-state index in [2.05, 4.69) is 40.7 Å². The van der Waals surface area contributed by atoms with Gasteiger partial charge in [-0.2, -0.15) is 0 Å². The van der Waals surface area contributed by atoms with E-state index in [0.717, 1.165) is 23.2 Å². The lowest BCUT2D eigenvalue weighted by atomic mass is 9.78. The van der Waals surface area contributed by atoms with E-state index in [1.807, 2.05) is 12.1 Å². The van der Waals surface area contributed by atoms with Crippen molar-refractivity contribution in [3.63, 3.8) is 0 Å². The van der Waals surface area contributed by atoms with Crippen molar-refractivity contribution < 1.29 is 0 Å². The molecule has 1 aromatic rings. The van der Waals surface area contributed by atoms with Crippen molar-refractivity contribution in [3.05, 3.63) is 22.7 Å². The molecule has 0 spiro atoms. The van der Waals surface area contributed by atoms with Crippen LogP contribution in [0.25, 0.3) is 0 Å². The smallest absolute Gasteiger partial charge is 0.0611 e. The molecule has 3 heteroatoms. The van der Waals surface area contributed by atoms with Gasteiger partial charge in [-0.3, -0.25) is 0 Å². The van der Waals surface area contributed by atoms with Crippen molar-refractivity contribution >= 4 is 27.3 Å². The molecule has 2 nitrogen and oxygen atoms in total. The lowest BCUT2D eigenvalue weighted by Crippen LogP contribution is -2.38. The molecule has 0 aliphatic carbocycles. The van der Waals surface area contributed by atoms with Crippen molar-refractivity contribution in [1.29, 1.82) is 0 Å². The average molecular weight is 297 g/mol. The molecule has 1 fully saturated rings. The van der Waals surface area contributed by atoms with Crippen LogP contribution in [-0.2, 0) is 0 Å². The fraction of sp³-hybridized carbons (Fsp3) is 0.571. The Labute approximate surface area is 112 Å². The Kier molecular flexibility index (Phi) is 3.67. The Morgan fingerprint density at radius 2 is 2.00 bits per heavy atom. The molecule has 1 saturated heterocycles. The van der Waals surface area contributed by atoms with Gasteiger partial charge in [-0.05, 0) is 36.5 Å². The van der Waals surface area contributed by atoms with E-state index in [0.29, 0.717) is 5.41 Å². The summed E-state index contributed by atoms with van der Waals surface area (Å²) in [5.41, 5.74) is 8.64. The maximum absolute atomic E-state index is 6.06. The zero-order chi connectivity index (χ0) is 12.5. The molecule has 0 radical (unpaired) electrons. The number of nitrogens with two attached hydrogens (primary N) is 1. The number of anilines is 2. The van der Waals surface area contributed by atoms with E-state index >= 15 is 0 Å². The van der Waals surface area contributed by atoms with Crippen LogP contribution < -0.4 is 10.6 Å². The molecule has 2 N–H and O–H groups in total. The van der Waals surface area contributed by atoms with Gasteiger partial charge in [0.2, 0.25) is 0 Å². The third-order valence-electron chi connectivity index (χ3n) is 4.16. The van der Waals surface area contributed by atoms with Gasteiger partial charge < -0.3 is 10.6 Å². The molecular weight excluding hydrogens is 276 g/mol. The molecule has 0 unspecified atom stereocenters. The van der Waals surface area contributed by atoms with Crippen LogP contribution in [0.4, 0.5) is 11.4 Å². The first-order chi connectivity index (χ1) is 8.04. The van der Waals surface area contributed by atoms with Gasteiger partial charge in [-0.25, -0.2) is 0 Å². The standard InChI is InChI=1S/C14H21BrN2/c1-3-14(2)6-8-17(9-7-14)13-10-11(15)4-5-12(13)16/h4-5,10H,3,6-9,16H2,1-2H3.